The van der Waals surface area contributed by atoms with Gasteiger partial charge in [-0.3, -0.25) is 4.79 Å². The van der Waals surface area contributed by atoms with Crippen molar-refractivity contribution in [1.29, 1.82) is 5.26 Å². The molecular weight excluding hydrogens is 356 g/mol. The number of carbonyl (C=O) groups excluding carboxylic acids is 1. The summed E-state index contributed by atoms with van der Waals surface area (Å²) in [5.41, 5.74) is 0.442. The van der Waals surface area contributed by atoms with Gasteiger partial charge in [0, 0.05) is 24.8 Å². The van der Waals surface area contributed by atoms with E-state index < -0.39 is 17.5 Å². The lowest BCUT2D eigenvalue weighted by Gasteiger charge is -2.20. The first-order valence-corrected chi connectivity index (χ1v) is 9.33. The van der Waals surface area contributed by atoms with Crippen molar-refractivity contribution in [3.63, 3.8) is 0 Å². The van der Waals surface area contributed by atoms with Crippen molar-refractivity contribution >= 4 is 11.7 Å². The molecule has 0 spiro atoms. The van der Waals surface area contributed by atoms with Gasteiger partial charge in [0.25, 0.3) is 0 Å². The fourth-order valence-corrected chi connectivity index (χ4v) is 2.96. The third kappa shape index (κ3) is 4.97. The second-order valence-corrected chi connectivity index (χ2v) is 7.67. The molecule has 7 heteroatoms. The second-order valence-electron chi connectivity index (χ2n) is 7.67. The molecule has 1 aliphatic heterocycles. The van der Waals surface area contributed by atoms with Crippen LogP contribution in [0.15, 0.2) is 36.7 Å². The van der Waals surface area contributed by atoms with E-state index in [4.69, 9.17) is 9.47 Å². The van der Waals surface area contributed by atoms with Gasteiger partial charge in [-0.25, -0.2) is 9.97 Å². The molecule has 1 fully saturated rings. The summed E-state index contributed by atoms with van der Waals surface area (Å²) in [6.45, 7) is 7.34. The Bertz CT molecular complexity index is 862. The Labute approximate surface area is 164 Å². The average molecular weight is 380 g/mol. The van der Waals surface area contributed by atoms with Crippen LogP contribution in [0.25, 0.3) is 0 Å². The van der Waals surface area contributed by atoms with Crippen LogP contribution in [0.2, 0.25) is 0 Å². The SMILES string of the molecule is CC(C)(C)OC(=O)C(C#N)c1ncc(Oc2cccc(N3CCCC3)c2)cn1. The van der Waals surface area contributed by atoms with Crippen LogP contribution in [0.3, 0.4) is 0 Å². The van der Waals surface area contributed by atoms with E-state index in [1.165, 1.54) is 25.2 Å². The molecule has 1 aliphatic rings. The summed E-state index contributed by atoms with van der Waals surface area (Å²) in [5, 5.41) is 9.32. The Balaban J connectivity index is 1.70. The largest absolute Gasteiger partial charge is 0.459 e. The Hall–Kier alpha value is -3.14. The van der Waals surface area contributed by atoms with Crippen molar-refractivity contribution in [1.82, 2.24) is 9.97 Å². The summed E-state index contributed by atoms with van der Waals surface area (Å²) in [6.07, 6.45) is 5.33. The molecule has 0 amide bonds. The molecule has 1 unspecified atom stereocenters. The third-order valence-electron chi connectivity index (χ3n) is 4.20. The molecule has 146 valence electrons. The zero-order chi connectivity index (χ0) is 20.1. The first-order valence-electron chi connectivity index (χ1n) is 9.33. The average Bonchev–Trinajstić information content (AvgIpc) is 3.17. The highest BCUT2D eigenvalue weighted by molar-refractivity contribution is 5.80. The number of nitriles is 1. The number of hydrogen-bond donors (Lipinski definition) is 0. The number of nitrogens with zero attached hydrogens (tertiary/aromatic N) is 4. The summed E-state index contributed by atoms with van der Waals surface area (Å²) in [5.74, 6) is -0.628. The molecule has 1 atom stereocenters. The van der Waals surface area contributed by atoms with Gasteiger partial charge < -0.3 is 14.4 Å². The number of anilines is 1. The van der Waals surface area contributed by atoms with Crippen molar-refractivity contribution in [2.24, 2.45) is 0 Å². The van der Waals surface area contributed by atoms with E-state index in [0.29, 0.717) is 11.5 Å². The smallest absolute Gasteiger partial charge is 0.331 e. The van der Waals surface area contributed by atoms with Gasteiger partial charge in [0.2, 0.25) is 5.92 Å². The Morgan fingerprint density at radius 1 is 1.18 bits per heavy atom. The molecule has 2 heterocycles. The van der Waals surface area contributed by atoms with Gasteiger partial charge in [-0.2, -0.15) is 5.26 Å². The Morgan fingerprint density at radius 3 is 2.46 bits per heavy atom. The van der Waals surface area contributed by atoms with Crippen LogP contribution in [0, 0.1) is 11.3 Å². The van der Waals surface area contributed by atoms with Crippen LogP contribution in [-0.2, 0) is 9.53 Å². The van der Waals surface area contributed by atoms with Gasteiger partial charge >= 0.3 is 5.97 Å². The highest BCUT2D eigenvalue weighted by Crippen LogP contribution is 2.28. The maximum atomic E-state index is 12.2. The van der Waals surface area contributed by atoms with Gasteiger partial charge in [-0.15, -0.1) is 0 Å². The van der Waals surface area contributed by atoms with Crippen LogP contribution < -0.4 is 9.64 Å². The van der Waals surface area contributed by atoms with Crippen molar-refractivity contribution in [2.45, 2.75) is 45.1 Å². The monoisotopic (exact) mass is 380 g/mol. The predicted octanol–water partition coefficient (Wildman–Crippen LogP) is 3.82. The summed E-state index contributed by atoms with van der Waals surface area (Å²) >= 11 is 0. The molecule has 1 saturated heterocycles. The standard InChI is InChI=1S/C21H24N4O3/c1-21(2,3)28-20(26)18(12-22)19-23-13-17(14-24-19)27-16-8-6-7-15(11-16)25-9-4-5-10-25/h6-8,11,13-14,18H,4-5,9-10H2,1-3H3. The van der Waals surface area contributed by atoms with Gasteiger partial charge in [-0.05, 0) is 45.7 Å². The van der Waals surface area contributed by atoms with Crippen LogP contribution in [0.4, 0.5) is 5.69 Å². The van der Waals surface area contributed by atoms with Crippen LogP contribution >= 0.6 is 0 Å². The second kappa shape index (κ2) is 8.26. The zero-order valence-electron chi connectivity index (χ0n) is 16.4. The molecule has 1 aromatic carbocycles. The lowest BCUT2D eigenvalue weighted by Crippen LogP contribution is -2.28. The van der Waals surface area contributed by atoms with E-state index in [0.717, 1.165) is 18.8 Å². The fraction of sp³-hybridized carbons (Fsp3) is 0.429. The number of benzene rings is 1. The minimum atomic E-state index is -1.17. The Morgan fingerprint density at radius 2 is 1.86 bits per heavy atom. The number of esters is 1. The lowest BCUT2D eigenvalue weighted by atomic mass is 10.1. The molecule has 0 aliphatic carbocycles. The minimum Gasteiger partial charge on any atom is -0.459 e. The van der Waals surface area contributed by atoms with Crippen molar-refractivity contribution in [2.75, 3.05) is 18.0 Å². The van der Waals surface area contributed by atoms with Gasteiger partial charge in [-0.1, -0.05) is 6.07 Å². The molecule has 0 radical (unpaired) electrons. The minimum absolute atomic E-state index is 0.0925. The predicted molar refractivity (Wildman–Crippen MR) is 104 cm³/mol. The number of carbonyl (C=O) groups is 1. The van der Waals surface area contributed by atoms with Crippen molar-refractivity contribution < 1.29 is 14.3 Å². The van der Waals surface area contributed by atoms with E-state index in [1.54, 1.807) is 20.8 Å². The molecule has 3 rings (SSSR count). The third-order valence-corrected chi connectivity index (χ3v) is 4.20. The van der Waals surface area contributed by atoms with E-state index in [-0.39, 0.29) is 5.82 Å². The highest BCUT2D eigenvalue weighted by atomic mass is 16.6. The number of rotatable bonds is 5. The molecule has 0 N–H and O–H groups in total. The topological polar surface area (TPSA) is 88.3 Å². The van der Waals surface area contributed by atoms with E-state index in [2.05, 4.69) is 20.9 Å². The fourth-order valence-electron chi connectivity index (χ4n) is 2.96. The normalized spacial score (nSPS) is 15.0. The summed E-state index contributed by atoms with van der Waals surface area (Å²) < 4.78 is 11.1. The molecule has 2 aromatic rings. The summed E-state index contributed by atoms with van der Waals surface area (Å²) in [4.78, 5) is 22.7. The van der Waals surface area contributed by atoms with Crippen LogP contribution in [-0.4, -0.2) is 34.6 Å². The van der Waals surface area contributed by atoms with Gasteiger partial charge in [0.05, 0.1) is 18.5 Å². The molecule has 7 nitrogen and oxygen atoms in total. The van der Waals surface area contributed by atoms with E-state index in [9.17, 15) is 10.1 Å². The first kappa shape index (κ1) is 19.6. The zero-order valence-corrected chi connectivity index (χ0v) is 16.4. The Kier molecular flexibility index (Phi) is 5.78. The van der Waals surface area contributed by atoms with Gasteiger partial charge in [0.1, 0.15) is 11.4 Å². The van der Waals surface area contributed by atoms with Crippen molar-refractivity contribution in [3.8, 4) is 17.6 Å². The molecule has 0 bridgehead atoms. The number of hydrogen-bond acceptors (Lipinski definition) is 7. The highest BCUT2D eigenvalue weighted by Gasteiger charge is 2.28. The lowest BCUT2D eigenvalue weighted by molar-refractivity contribution is -0.155. The quantitative estimate of drug-likeness (QED) is 0.729. The van der Waals surface area contributed by atoms with Crippen molar-refractivity contribution in [3.05, 3.63) is 42.5 Å². The molecular formula is C21H24N4O3. The number of aromatic nitrogens is 2. The molecule has 28 heavy (non-hydrogen) atoms. The van der Waals surface area contributed by atoms with Gasteiger partial charge in [0.15, 0.2) is 11.6 Å². The van der Waals surface area contributed by atoms with E-state index in [1.807, 2.05) is 24.3 Å². The number of ether oxygens (including phenoxy) is 2. The maximum Gasteiger partial charge on any atom is 0.331 e. The summed E-state index contributed by atoms with van der Waals surface area (Å²) in [6, 6.07) is 9.77. The van der Waals surface area contributed by atoms with E-state index >= 15 is 0 Å². The maximum absolute atomic E-state index is 12.2. The molecule has 1 aromatic heterocycles. The van der Waals surface area contributed by atoms with Crippen LogP contribution in [0.5, 0.6) is 11.5 Å². The first-order chi connectivity index (χ1) is 13.4. The summed E-state index contributed by atoms with van der Waals surface area (Å²) in [7, 11) is 0. The van der Waals surface area contributed by atoms with Crippen LogP contribution in [0.1, 0.15) is 45.4 Å². The molecule has 0 saturated carbocycles.